The van der Waals surface area contributed by atoms with Crippen molar-refractivity contribution in [1.82, 2.24) is 14.9 Å². The van der Waals surface area contributed by atoms with E-state index in [4.69, 9.17) is 0 Å². The number of aromatic nitrogens is 2. The molecule has 6 nitrogen and oxygen atoms in total. The second-order valence-corrected chi connectivity index (χ2v) is 5.34. The monoisotopic (exact) mass is 277 g/mol. The average Bonchev–Trinajstić information content (AvgIpc) is 3.26. The molecule has 1 saturated carbocycles. The van der Waals surface area contributed by atoms with Gasteiger partial charge in [0.15, 0.2) is 0 Å². The molecular formula is C14H23N5O. The Labute approximate surface area is 120 Å². The molecule has 2 N–H and O–H groups in total. The molecule has 1 fully saturated rings. The fourth-order valence-electron chi connectivity index (χ4n) is 1.75. The van der Waals surface area contributed by atoms with Crippen LogP contribution in [0.1, 0.15) is 37.9 Å². The number of hydrogen-bond donors (Lipinski definition) is 2. The zero-order valence-electron chi connectivity index (χ0n) is 12.4. The van der Waals surface area contributed by atoms with Crippen LogP contribution in [0.25, 0.3) is 0 Å². The first-order chi connectivity index (χ1) is 9.60. The summed E-state index contributed by atoms with van der Waals surface area (Å²) in [4.78, 5) is 22.2. The lowest BCUT2D eigenvalue weighted by Gasteiger charge is -2.13. The number of amides is 1. The zero-order chi connectivity index (χ0) is 14.5. The Morgan fingerprint density at radius 2 is 1.95 bits per heavy atom. The fourth-order valence-corrected chi connectivity index (χ4v) is 1.75. The zero-order valence-corrected chi connectivity index (χ0v) is 12.4. The van der Waals surface area contributed by atoms with Crippen LogP contribution in [0.15, 0.2) is 6.07 Å². The molecule has 110 valence electrons. The minimum absolute atomic E-state index is 0.0275. The predicted octanol–water partition coefficient (Wildman–Crippen LogP) is 1.68. The molecule has 0 aromatic carbocycles. The Kier molecular flexibility index (Phi) is 4.76. The smallest absolute Gasteiger partial charge is 0.241 e. The molecule has 1 heterocycles. The van der Waals surface area contributed by atoms with Crippen molar-refractivity contribution in [3.05, 3.63) is 11.9 Å². The summed E-state index contributed by atoms with van der Waals surface area (Å²) < 4.78 is 0. The van der Waals surface area contributed by atoms with E-state index < -0.39 is 0 Å². The Bertz CT molecular complexity index is 471. The van der Waals surface area contributed by atoms with Gasteiger partial charge in [-0.05, 0) is 19.3 Å². The highest BCUT2D eigenvalue weighted by atomic mass is 16.2. The second kappa shape index (κ2) is 6.54. The minimum atomic E-state index is 0.0275. The van der Waals surface area contributed by atoms with Crippen molar-refractivity contribution in [2.45, 2.75) is 32.1 Å². The molecule has 1 aliphatic rings. The van der Waals surface area contributed by atoms with Gasteiger partial charge < -0.3 is 15.5 Å². The van der Waals surface area contributed by atoms with E-state index in [9.17, 15) is 4.79 Å². The van der Waals surface area contributed by atoms with Crippen LogP contribution in [0.3, 0.4) is 0 Å². The molecule has 0 aliphatic heterocycles. The predicted molar refractivity (Wildman–Crippen MR) is 80.0 cm³/mol. The van der Waals surface area contributed by atoms with Crippen LogP contribution in [0.5, 0.6) is 0 Å². The first-order valence-corrected chi connectivity index (χ1v) is 7.17. The van der Waals surface area contributed by atoms with Crippen LogP contribution in [-0.2, 0) is 4.79 Å². The third kappa shape index (κ3) is 4.08. The van der Waals surface area contributed by atoms with Crippen LogP contribution in [0.4, 0.5) is 11.6 Å². The van der Waals surface area contributed by atoms with E-state index in [0.29, 0.717) is 5.92 Å². The standard InChI is InChI=1S/C14H23N5O/c1-4-7-15-11-8-12(16-9-13(20)19(2)3)18-14(17-11)10-5-6-10/h8,10H,4-7,9H2,1-3H3,(H2,15,16,17,18). The maximum absolute atomic E-state index is 11.6. The number of rotatable bonds is 7. The van der Waals surface area contributed by atoms with Gasteiger partial charge in [-0.3, -0.25) is 4.79 Å². The van der Waals surface area contributed by atoms with Gasteiger partial charge in [-0.2, -0.15) is 0 Å². The average molecular weight is 277 g/mol. The molecule has 1 amide bonds. The van der Waals surface area contributed by atoms with Crippen LogP contribution in [-0.4, -0.2) is 48.0 Å². The number of nitrogens with zero attached hydrogens (tertiary/aromatic N) is 3. The van der Waals surface area contributed by atoms with Crippen molar-refractivity contribution in [2.24, 2.45) is 0 Å². The molecule has 0 radical (unpaired) electrons. The molecule has 1 aromatic rings. The molecule has 20 heavy (non-hydrogen) atoms. The Balaban J connectivity index is 2.06. The van der Waals surface area contributed by atoms with Gasteiger partial charge >= 0.3 is 0 Å². The third-order valence-electron chi connectivity index (χ3n) is 3.16. The lowest BCUT2D eigenvalue weighted by Crippen LogP contribution is -2.29. The van der Waals surface area contributed by atoms with Gasteiger partial charge in [0, 0.05) is 32.6 Å². The normalized spacial score (nSPS) is 13.9. The van der Waals surface area contributed by atoms with Gasteiger partial charge in [0.05, 0.1) is 6.54 Å². The number of carbonyl (C=O) groups is 1. The summed E-state index contributed by atoms with van der Waals surface area (Å²) in [6.07, 6.45) is 3.37. The van der Waals surface area contributed by atoms with Crippen molar-refractivity contribution in [1.29, 1.82) is 0 Å². The highest BCUT2D eigenvalue weighted by molar-refractivity contribution is 5.80. The van der Waals surface area contributed by atoms with Crippen molar-refractivity contribution < 1.29 is 4.79 Å². The largest absolute Gasteiger partial charge is 0.370 e. The number of likely N-dealkylation sites (N-methyl/N-ethyl adjacent to an activating group) is 1. The van der Waals surface area contributed by atoms with Crippen LogP contribution < -0.4 is 10.6 Å². The summed E-state index contributed by atoms with van der Waals surface area (Å²) >= 11 is 0. The molecular weight excluding hydrogens is 254 g/mol. The first kappa shape index (κ1) is 14.6. The Hall–Kier alpha value is -1.85. The Morgan fingerprint density at radius 3 is 2.50 bits per heavy atom. The van der Waals surface area contributed by atoms with E-state index in [1.165, 1.54) is 0 Å². The molecule has 1 aromatic heterocycles. The molecule has 0 bridgehead atoms. The van der Waals surface area contributed by atoms with E-state index >= 15 is 0 Å². The third-order valence-corrected chi connectivity index (χ3v) is 3.16. The molecule has 0 atom stereocenters. The molecule has 0 spiro atoms. The first-order valence-electron chi connectivity index (χ1n) is 7.17. The van der Waals surface area contributed by atoms with Gasteiger partial charge in [-0.15, -0.1) is 0 Å². The summed E-state index contributed by atoms with van der Waals surface area (Å²) in [5, 5.41) is 6.37. The van der Waals surface area contributed by atoms with E-state index in [1.807, 2.05) is 6.07 Å². The quantitative estimate of drug-likeness (QED) is 0.793. The summed E-state index contributed by atoms with van der Waals surface area (Å²) in [5.74, 6) is 2.95. The topological polar surface area (TPSA) is 70.2 Å². The lowest BCUT2D eigenvalue weighted by molar-refractivity contribution is -0.126. The SMILES string of the molecule is CCCNc1cc(NCC(=O)N(C)C)nc(C2CC2)n1. The van der Waals surface area contributed by atoms with Crippen molar-refractivity contribution in [3.8, 4) is 0 Å². The van der Waals surface area contributed by atoms with Crippen molar-refractivity contribution in [3.63, 3.8) is 0 Å². The van der Waals surface area contributed by atoms with E-state index in [1.54, 1.807) is 19.0 Å². The van der Waals surface area contributed by atoms with Crippen molar-refractivity contribution >= 4 is 17.5 Å². The molecule has 0 saturated heterocycles. The fraction of sp³-hybridized carbons (Fsp3) is 0.643. The highest BCUT2D eigenvalue weighted by Gasteiger charge is 2.27. The summed E-state index contributed by atoms with van der Waals surface area (Å²) in [5.41, 5.74) is 0. The lowest BCUT2D eigenvalue weighted by atomic mass is 10.3. The summed E-state index contributed by atoms with van der Waals surface area (Å²) in [6, 6.07) is 1.87. The Morgan fingerprint density at radius 1 is 1.30 bits per heavy atom. The van der Waals surface area contributed by atoms with Crippen molar-refractivity contribution in [2.75, 3.05) is 37.8 Å². The second-order valence-electron chi connectivity index (χ2n) is 5.34. The maximum atomic E-state index is 11.6. The summed E-state index contributed by atoms with van der Waals surface area (Å²) in [6.45, 7) is 3.25. The van der Waals surface area contributed by atoms with Gasteiger partial charge in [0.2, 0.25) is 5.91 Å². The maximum Gasteiger partial charge on any atom is 0.241 e. The number of anilines is 2. The number of carbonyl (C=O) groups excluding carboxylic acids is 1. The van der Waals surface area contributed by atoms with Crippen LogP contribution in [0, 0.1) is 0 Å². The van der Waals surface area contributed by atoms with Gasteiger partial charge in [0.25, 0.3) is 0 Å². The van der Waals surface area contributed by atoms with E-state index in [-0.39, 0.29) is 12.5 Å². The van der Waals surface area contributed by atoms with Gasteiger partial charge in [-0.25, -0.2) is 9.97 Å². The van der Waals surface area contributed by atoms with Crippen LogP contribution >= 0.6 is 0 Å². The number of nitrogens with one attached hydrogen (secondary N) is 2. The number of hydrogen-bond acceptors (Lipinski definition) is 5. The van der Waals surface area contributed by atoms with Crippen LogP contribution in [0.2, 0.25) is 0 Å². The van der Waals surface area contributed by atoms with Gasteiger partial charge in [0.1, 0.15) is 17.5 Å². The molecule has 1 aliphatic carbocycles. The minimum Gasteiger partial charge on any atom is -0.370 e. The van der Waals surface area contributed by atoms with E-state index in [0.717, 1.165) is 43.3 Å². The molecule has 0 unspecified atom stereocenters. The molecule has 6 heteroatoms. The highest BCUT2D eigenvalue weighted by Crippen LogP contribution is 2.38. The van der Waals surface area contributed by atoms with Gasteiger partial charge in [-0.1, -0.05) is 6.92 Å². The summed E-state index contributed by atoms with van der Waals surface area (Å²) in [7, 11) is 3.49. The van der Waals surface area contributed by atoms with E-state index in [2.05, 4.69) is 27.5 Å². The molecule has 2 rings (SSSR count).